The molecule has 3 aromatic rings. The molecule has 0 aliphatic rings. The molecule has 166 valence electrons. The summed E-state index contributed by atoms with van der Waals surface area (Å²) in [6.07, 6.45) is -2.82. The quantitative estimate of drug-likeness (QED) is 0.516. The zero-order valence-electron chi connectivity index (χ0n) is 15.9. The highest BCUT2D eigenvalue weighted by atomic mass is 32.2. The van der Waals surface area contributed by atoms with Gasteiger partial charge in [0.1, 0.15) is 9.96 Å². The molecule has 0 fully saturated rings. The molecule has 0 radical (unpaired) electrons. The normalized spacial score (nSPS) is 12.2. The van der Waals surface area contributed by atoms with Crippen molar-refractivity contribution in [2.45, 2.75) is 17.0 Å². The Balaban J connectivity index is 1.55. The SMILES string of the molecule is CN(CC(=O)Nc1ncc(Cc2ccc(OC(F)(F)F)cc2)s1)S(=O)(=O)c1cccs1. The molecule has 2 aromatic heterocycles. The van der Waals surface area contributed by atoms with E-state index < -0.39 is 22.3 Å². The highest BCUT2D eigenvalue weighted by molar-refractivity contribution is 7.91. The van der Waals surface area contributed by atoms with Crippen LogP contribution in [0.15, 0.2) is 52.2 Å². The minimum atomic E-state index is -4.75. The molecule has 0 aliphatic heterocycles. The molecular weight excluding hydrogens is 475 g/mol. The maximum Gasteiger partial charge on any atom is 0.573 e. The Kier molecular flexibility index (Phi) is 6.99. The van der Waals surface area contributed by atoms with Gasteiger partial charge in [0.25, 0.3) is 10.0 Å². The summed E-state index contributed by atoms with van der Waals surface area (Å²) in [5, 5.41) is 4.48. The molecule has 0 saturated carbocycles. The van der Waals surface area contributed by atoms with Crippen LogP contribution in [0.1, 0.15) is 10.4 Å². The molecule has 1 aromatic carbocycles. The second-order valence-electron chi connectivity index (χ2n) is 6.24. The monoisotopic (exact) mass is 491 g/mol. The van der Waals surface area contributed by atoms with Crippen molar-refractivity contribution in [3.8, 4) is 5.75 Å². The molecule has 1 N–H and O–H groups in total. The number of carbonyl (C=O) groups excluding carboxylic acids is 1. The third-order valence-corrected chi connectivity index (χ3v) is 7.95. The number of hydrogen-bond donors (Lipinski definition) is 1. The van der Waals surface area contributed by atoms with E-state index in [1.54, 1.807) is 11.4 Å². The number of likely N-dealkylation sites (N-methyl/N-ethyl adjacent to an activating group) is 1. The van der Waals surface area contributed by atoms with Gasteiger partial charge < -0.3 is 10.1 Å². The van der Waals surface area contributed by atoms with Crippen LogP contribution in [0.3, 0.4) is 0 Å². The molecule has 0 spiro atoms. The van der Waals surface area contributed by atoms with Crippen molar-refractivity contribution in [2.75, 3.05) is 18.9 Å². The second kappa shape index (κ2) is 9.34. The molecule has 0 saturated heterocycles. The summed E-state index contributed by atoms with van der Waals surface area (Å²) in [5.41, 5.74) is 0.734. The summed E-state index contributed by atoms with van der Waals surface area (Å²) in [7, 11) is -2.43. The number of nitrogens with zero attached hydrogens (tertiary/aromatic N) is 2. The smallest absolute Gasteiger partial charge is 0.406 e. The van der Waals surface area contributed by atoms with Gasteiger partial charge in [-0.25, -0.2) is 13.4 Å². The fourth-order valence-electron chi connectivity index (χ4n) is 2.47. The number of sulfonamides is 1. The van der Waals surface area contributed by atoms with Crippen molar-refractivity contribution in [1.29, 1.82) is 0 Å². The minimum absolute atomic E-state index is 0.144. The van der Waals surface area contributed by atoms with E-state index in [0.717, 1.165) is 26.1 Å². The van der Waals surface area contributed by atoms with Crippen LogP contribution in [0.25, 0.3) is 0 Å². The highest BCUT2D eigenvalue weighted by Crippen LogP contribution is 2.25. The van der Waals surface area contributed by atoms with Crippen LogP contribution < -0.4 is 10.1 Å². The Bertz CT molecular complexity index is 1130. The van der Waals surface area contributed by atoms with Gasteiger partial charge in [0.05, 0.1) is 6.54 Å². The Morgan fingerprint density at radius 3 is 2.55 bits per heavy atom. The van der Waals surface area contributed by atoms with E-state index in [2.05, 4.69) is 15.0 Å². The molecule has 31 heavy (non-hydrogen) atoms. The van der Waals surface area contributed by atoms with Gasteiger partial charge in [0.2, 0.25) is 5.91 Å². The first-order chi connectivity index (χ1) is 14.5. The molecule has 0 unspecified atom stereocenters. The lowest BCUT2D eigenvalue weighted by atomic mass is 10.1. The lowest BCUT2D eigenvalue weighted by Gasteiger charge is -2.14. The number of rotatable bonds is 8. The van der Waals surface area contributed by atoms with Crippen molar-refractivity contribution in [1.82, 2.24) is 9.29 Å². The summed E-state index contributed by atoms with van der Waals surface area (Å²) < 4.78 is 66.3. The topological polar surface area (TPSA) is 88.6 Å². The number of anilines is 1. The number of amides is 1. The second-order valence-corrected chi connectivity index (χ2v) is 10.6. The number of carbonyl (C=O) groups is 1. The third kappa shape index (κ3) is 6.50. The van der Waals surface area contributed by atoms with Crippen molar-refractivity contribution in [3.63, 3.8) is 0 Å². The number of aromatic nitrogens is 1. The Labute approximate surface area is 184 Å². The first-order valence-corrected chi connectivity index (χ1v) is 11.8. The van der Waals surface area contributed by atoms with Gasteiger partial charge in [-0.15, -0.1) is 35.8 Å². The van der Waals surface area contributed by atoms with Crippen LogP contribution >= 0.6 is 22.7 Å². The number of thiophene rings is 1. The van der Waals surface area contributed by atoms with E-state index in [9.17, 15) is 26.4 Å². The Morgan fingerprint density at radius 1 is 1.23 bits per heavy atom. The molecule has 2 heterocycles. The highest BCUT2D eigenvalue weighted by Gasteiger charge is 2.31. The summed E-state index contributed by atoms with van der Waals surface area (Å²) in [5.74, 6) is -0.854. The van der Waals surface area contributed by atoms with Gasteiger partial charge in [0.15, 0.2) is 5.13 Å². The van der Waals surface area contributed by atoms with Gasteiger partial charge in [-0.2, -0.15) is 4.31 Å². The zero-order valence-corrected chi connectivity index (χ0v) is 18.4. The van der Waals surface area contributed by atoms with Crippen LogP contribution in [0, 0.1) is 0 Å². The summed E-state index contributed by atoms with van der Waals surface area (Å²) in [6, 6.07) is 8.52. The molecule has 0 aliphatic carbocycles. The van der Waals surface area contributed by atoms with Gasteiger partial charge in [-0.3, -0.25) is 4.79 Å². The van der Waals surface area contributed by atoms with Crippen LogP contribution in [-0.4, -0.2) is 43.6 Å². The van der Waals surface area contributed by atoms with E-state index in [4.69, 9.17) is 0 Å². The Morgan fingerprint density at radius 2 is 1.94 bits per heavy atom. The largest absolute Gasteiger partial charge is 0.573 e. The van der Waals surface area contributed by atoms with E-state index in [1.165, 1.54) is 54.9 Å². The first-order valence-electron chi connectivity index (χ1n) is 8.62. The molecule has 0 atom stereocenters. The molecule has 1 amide bonds. The maximum absolute atomic E-state index is 12.4. The number of hydrogen-bond acceptors (Lipinski definition) is 7. The van der Waals surface area contributed by atoms with E-state index >= 15 is 0 Å². The van der Waals surface area contributed by atoms with E-state index in [1.807, 2.05) is 0 Å². The number of nitrogens with one attached hydrogen (secondary N) is 1. The summed E-state index contributed by atoms with van der Waals surface area (Å²) in [6.45, 7) is -0.379. The number of halogens is 3. The predicted molar refractivity (Wildman–Crippen MR) is 111 cm³/mol. The number of ether oxygens (including phenoxy) is 1. The molecule has 3 rings (SSSR count). The number of thiazole rings is 1. The number of benzene rings is 1. The lowest BCUT2D eigenvalue weighted by molar-refractivity contribution is -0.274. The van der Waals surface area contributed by atoms with Crippen molar-refractivity contribution >= 4 is 43.7 Å². The molecule has 13 heteroatoms. The molecular formula is C18H16F3N3O4S3. The zero-order chi connectivity index (χ0) is 22.6. The summed E-state index contributed by atoms with van der Waals surface area (Å²) in [4.78, 5) is 17.1. The van der Waals surface area contributed by atoms with Crippen molar-refractivity contribution < 1.29 is 31.1 Å². The fourth-order valence-corrected chi connectivity index (χ4v) is 5.66. The standard InChI is InChI=1S/C18H16F3N3O4S3/c1-24(31(26,27)16-3-2-8-29-16)11-15(25)23-17-22-10-14(30-17)9-12-4-6-13(7-5-12)28-18(19,20)21/h2-8,10H,9,11H2,1H3,(H,22,23,25). The van der Waals surface area contributed by atoms with Gasteiger partial charge >= 0.3 is 6.36 Å². The number of alkyl halides is 3. The maximum atomic E-state index is 12.4. The molecule has 0 bridgehead atoms. The average Bonchev–Trinajstić information content (AvgIpc) is 3.34. The fraction of sp³-hybridized carbons (Fsp3) is 0.222. The summed E-state index contributed by atoms with van der Waals surface area (Å²) >= 11 is 2.24. The lowest BCUT2D eigenvalue weighted by Crippen LogP contribution is -2.34. The first kappa shape index (κ1) is 23.2. The van der Waals surface area contributed by atoms with Crippen LogP contribution in [0.4, 0.5) is 18.3 Å². The predicted octanol–water partition coefficient (Wildman–Crippen LogP) is 3.95. The van der Waals surface area contributed by atoms with Gasteiger partial charge in [0, 0.05) is 24.5 Å². The van der Waals surface area contributed by atoms with Gasteiger partial charge in [-0.05, 0) is 29.1 Å². The van der Waals surface area contributed by atoms with Crippen molar-refractivity contribution in [3.05, 3.63) is 58.4 Å². The minimum Gasteiger partial charge on any atom is -0.406 e. The average molecular weight is 492 g/mol. The van der Waals surface area contributed by atoms with Crippen LogP contribution in [-0.2, 0) is 21.2 Å². The Hall–Kier alpha value is -2.48. The van der Waals surface area contributed by atoms with Gasteiger partial charge in [-0.1, -0.05) is 18.2 Å². The van der Waals surface area contributed by atoms with E-state index in [-0.39, 0.29) is 16.5 Å². The van der Waals surface area contributed by atoms with Crippen molar-refractivity contribution in [2.24, 2.45) is 0 Å². The third-order valence-electron chi connectivity index (χ3n) is 3.86. The van der Waals surface area contributed by atoms with Crippen LogP contribution in [0.2, 0.25) is 0 Å². The molecule has 7 nitrogen and oxygen atoms in total. The van der Waals surface area contributed by atoms with E-state index in [0.29, 0.717) is 11.6 Å². The van der Waals surface area contributed by atoms with Crippen LogP contribution in [0.5, 0.6) is 5.75 Å².